The number of allylic oxidation sites excluding steroid dienone is 5. The number of fused-ring (bicyclic) bond motifs is 2. The third-order valence-electron chi connectivity index (χ3n) is 6.30. The molecule has 186 valence electrons. The summed E-state index contributed by atoms with van der Waals surface area (Å²) in [5.41, 5.74) is 9.51. The van der Waals surface area contributed by atoms with E-state index in [1.807, 2.05) is 61.3 Å². The number of nitrogens with zero attached hydrogens (tertiary/aromatic N) is 5. The molecule has 0 aliphatic carbocycles. The highest BCUT2D eigenvalue weighted by atomic mass is 15.1. The zero-order valence-electron chi connectivity index (χ0n) is 21.5. The van der Waals surface area contributed by atoms with Crippen LogP contribution in [0.4, 0.5) is 0 Å². The molecule has 0 saturated heterocycles. The van der Waals surface area contributed by atoms with Gasteiger partial charge in [0.15, 0.2) is 0 Å². The summed E-state index contributed by atoms with van der Waals surface area (Å²) in [7, 11) is 0. The van der Waals surface area contributed by atoms with Crippen molar-refractivity contribution in [3.05, 3.63) is 97.2 Å². The van der Waals surface area contributed by atoms with Crippen LogP contribution in [0.3, 0.4) is 0 Å². The van der Waals surface area contributed by atoms with Gasteiger partial charge < -0.3 is 14.9 Å². The van der Waals surface area contributed by atoms with Crippen molar-refractivity contribution in [1.82, 2.24) is 40.0 Å². The number of pyridine rings is 2. The molecule has 5 heterocycles. The van der Waals surface area contributed by atoms with E-state index in [1.54, 1.807) is 12.3 Å². The number of hydrogen-bond acceptors (Lipinski definition) is 5. The van der Waals surface area contributed by atoms with E-state index in [0.29, 0.717) is 5.92 Å². The van der Waals surface area contributed by atoms with Crippen LogP contribution in [0.5, 0.6) is 0 Å². The molecule has 5 aromatic rings. The number of aromatic amines is 2. The quantitative estimate of drug-likeness (QED) is 0.224. The molecule has 0 fully saturated rings. The second-order valence-electron chi connectivity index (χ2n) is 9.22. The summed E-state index contributed by atoms with van der Waals surface area (Å²) in [6.07, 6.45) is 11.4. The number of aromatic nitrogens is 7. The van der Waals surface area contributed by atoms with Crippen molar-refractivity contribution in [3.63, 3.8) is 0 Å². The highest BCUT2D eigenvalue weighted by Gasteiger charge is 2.16. The molecule has 0 atom stereocenters. The lowest BCUT2D eigenvalue weighted by Crippen LogP contribution is -2.14. The zero-order valence-corrected chi connectivity index (χ0v) is 21.5. The van der Waals surface area contributed by atoms with Crippen LogP contribution in [0.1, 0.15) is 32.2 Å². The maximum absolute atomic E-state index is 4.99. The Bertz CT molecular complexity index is 1690. The first-order valence-corrected chi connectivity index (χ1v) is 12.2. The molecule has 8 nitrogen and oxygen atoms in total. The van der Waals surface area contributed by atoms with Gasteiger partial charge in [-0.25, -0.2) is 15.0 Å². The van der Waals surface area contributed by atoms with Crippen LogP contribution in [-0.2, 0) is 0 Å². The van der Waals surface area contributed by atoms with Crippen LogP contribution in [0.25, 0.3) is 44.7 Å². The van der Waals surface area contributed by atoms with Gasteiger partial charge in [-0.1, -0.05) is 33.1 Å². The van der Waals surface area contributed by atoms with Gasteiger partial charge in [0.1, 0.15) is 16.9 Å². The SMILES string of the molecule is C=C/C(=C\C(=C/C)c1ccc2[nH]nc(-c3cc4c(-n5cnc(C)c5)ccnc4[nH]3)c2n1)NC(=C)C(C)C. The van der Waals surface area contributed by atoms with E-state index in [0.717, 1.165) is 67.5 Å². The predicted octanol–water partition coefficient (Wildman–Crippen LogP) is 6.23. The summed E-state index contributed by atoms with van der Waals surface area (Å²) in [4.78, 5) is 17.3. The fourth-order valence-corrected chi connectivity index (χ4v) is 4.11. The van der Waals surface area contributed by atoms with Gasteiger partial charge in [0.25, 0.3) is 0 Å². The molecule has 0 spiro atoms. The number of imidazole rings is 1. The highest BCUT2D eigenvalue weighted by molar-refractivity contribution is 5.95. The molecule has 0 unspecified atom stereocenters. The summed E-state index contributed by atoms with van der Waals surface area (Å²) < 4.78 is 2.00. The molecule has 0 saturated carbocycles. The molecule has 0 amide bonds. The molecule has 0 bridgehead atoms. The number of rotatable bonds is 8. The summed E-state index contributed by atoms with van der Waals surface area (Å²) in [5.74, 6) is 0.310. The van der Waals surface area contributed by atoms with Gasteiger partial charge in [-0.15, -0.1) is 0 Å². The van der Waals surface area contributed by atoms with E-state index in [9.17, 15) is 0 Å². The first-order chi connectivity index (χ1) is 17.9. The van der Waals surface area contributed by atoms with E-state index in [-0.39, 0.29) is 0 Å². The smallest absolute Gasteiger partial charge is 0.139 e. The lowest BCUT2D eigenvalue weighted by atomic mass is 10.1. The molecule has 3 N–H and O–H groups in total. The van der Waals surface area contributed by atoms with Gasteiger partial charge in [-0.3, -0.25) is 5.10 Å². The van der Waals surface area contributed by atoms with Gasteiger partial charge in [-0.05, 0) is 61.8 Å². The molecule has 0 aliphatic rings. The van der Waals surface area contributed by atoms with Crippen molar-refractivity contribution in [3.8, 4) is 17.1 Å². The second kappa shape index (κ2) is 9.73. The minimum atomic E-state index is 0.310. The summed E-state index contributed by atoms with van der Waals surface area (Å²) in [5, 5.41) is 12.0. The van der Waals surface area contributed by atoms with Crippen LogP contribution in [0.2, 0.25) is 0 Å². The van der Waals surface area contributed by atoms with Gasteiger partial charge in [0.05, 0.1) is 34.6 Å². The number of aryl methyl sites for hydroxylation is 1. The third kappa shape index (κ3) is 4.61. The normalized spacial score (nSPS) is 12.6. The topological polar surface area (TPSA) is 100 Å². The Morgan fingerprint density at radius 2 is 2.03 bits per heavy atom. The lowest BCUT2D eigenvalue weighted by Gasteiger charge is -2.14. The highest BCUT2D eigenvalue weighted by Crippen LogP contribution is 2.31. The Labute approximate surface area is 215 Å². The average molecular weight is 491 g/mol. The third-order valence-corrected chi connectivity index (χ3v) is 6.30. The van der Waals surface area contributed by atoms with Crippen molar-refractivity contribution >= 4 is 27.6 Å². The Kier molecular flexibility index (Phi) is 6.31. The maximum atomic E-state index is 4.99. The molecular formula is C29H30N8. The Morgan fingerprint density at radius 1 is 1.19 bits per heavy atom. The minimum absolute atomic E-state index is 0.310. The summed E-state index contributed by atoms with van der Waals surface area (Å²) in [6, 6.07) is 8.02. The standard InChI is InChI=1S/C29H30N8/c1-7-20(13-21(8-2)32-19(6)17(3)4)23-9-10-24-27(33-23)28(36-35-24)25-14-22-26(11-12-30-29(22)34-25)37-15-18(5)31-16-37/h7-17,32H,2,6H2,1,3-5H3,(H,30,34)(H,35,36)/b20-7+,21-13+. The van der Waals surface area contributed by atoms with Crippen molar-refractivity contribution in [2.45, 2.75) is 27.7 Å². The monoisotopic (exact) mass is 490 g/mol. The summed E-state index contributed by atoms with van der Waals surface area (Å²) >= 11 is 0. The molecular weight excluding hydrogens is 460 g/mol. The molecule has 8 heteroatoms. The lowest BCUT2D eigenvalue weighted by molar-refractivity contribution is 0.710. The first kappa shape index (κ1) is 24.0. The van der Waals surface area contributed by atoms with Crippen LogP contribution in [0, 0.1) is 12.8 Å². The largest absolute Gasteiger partial charge is 0.359 e. The minimum Gasteiger partial charge on any atom is -0.359 e. The van der Waals surface area contributed by atoms with E-state index in [2.05, 4.69) is 63.5 Å². The van der Waals surface area contributed by atoms with Crippen LogP contribution >= 0.6 is 0 Å². The van der Waals surface area contributed by atoms with Gasteiger partial charge in [0, 0.05) is 29.2 Å². The fraction of sp³-hybridized carbons (Fsp3) is 0.172. The van der Waals surface area contributed by atoms with Crippen LogP contribution in [-0.4, -0.2) is 34.7 Å². The molecule has 37 heavy (non-hydrogen) atoms. The van der Waals surface area contributed by atoms with Crippen molar-refractivity contribution in [2.24, 2.45) is 5.92 Å². The molecule has 5 aromatic heterocycles. The maximum Gasteiger partial charge on any atom is 0.139 e. The van der Waals surface area contributed by atoms with E-state index < -0.39 is 0 Å². The number of nitrogens with one attached hydrogen (secondary N) is 3. The Balaban J connectivity index is 1.56. The summed E-state index contributed by atoms with van der Waals surface area (Å²) in [6.45, 7) is 16.2. The van der Waals surface area contributed by atoms with Crippen LogP contribution < -0.4 is 5.32 Å². The molecule has 0 aliphatic heterocycles. The van der Waals surface area contributed by atoms with Crippen molar-refractivity contribution in [2.75, 3.05) is 0 Å². The molecule has 5 rings (SSSR count). The molecule has 0 aromatic carbocycles. The molecule has 0 radical (unpaired) electrons. The number of hydrogen-bond donors (Lipinski definition) is 3. The van der Waals surface area contributed by atoms with Gasteiger partial charge in [-0.2, -0.15) is 5.10 Å². The van der Waals surface area contributed by atoms with Crippen molar-refractivity contribution < 1.29 is 0 Å². The van der Waals surface area contributed by atoms with Gasteiger partial charge in [0.2, 0.25) is 0 Å². The predicted molar refractivity (Wildman–Crippen MR) is 150 cm³/mol. The second-order valence-corrected chi connectivity index (χ2v) is 9.22. The fourth-order valence-electron chi connectivity index (χ4n) is 4.11. The average Bonchev–Trinajstić information content (AvgIpc) is 3.63. The number of H-pyrrole nitrogens is 2. The Hall–Kier alpha value is -4.72. The van der Waals surface area contributed by atoms with Gasteiger partial charge >= 0.3 is 0 Å². The zero-order chi connectivity index (χ0) is 26.1. The Morgan fingerprint density at radius 3 is 2.73 bits per heavy atom. The first-order valence-electron chi connectivity index (χ1n) is 12.2. The van der Waals surface area contributed by atoms with E-state index in [4.69, 9.17) is 4.98 Å². The van der Waals surface area contributed by atoms with E-state index >= 15 is 0 Å². The van der Waals surface area contributed by atoms with Crippen LogP contribution in [0.15, 0.2) is 85.8 Å². The van der Waals surface area contributed by atoms with Crippen molar-refractivity contribution in [1.29, 1.82) is 0 Å². The van der Waals surface area contributed by atoms with E-state index in [1.165, 1.54) is 0 Å².